The molecule has 2 heterocycles. The summed E-state index contributed by atoms with van der Waals surface area (Å²) in [6.07, 6.45) is 3.41. The molecule has 2 rings (SSSR count). The summed E-state index contributed by atoms with van der Waals surface area (Å²) >= 11 is 0. The second-order valence-corrected chi connectivity index (χ2v) is 5.80. The van der Waals surface area contributed by atoms with Crippen LogP contribution >= 0.6 is 24.0 Å². The fraction of sp³-hybridized carbons (Fsp3) is 0.625. The summed E-state index contributed by atoms with van der Waals surface area (Å²) in [6, 6.07) is 3.32. The summed E-state index contributed by atoms with van der Waals surface area (Å²) in [4.78, 5) is 17.4. The average molecular weight is 450 g/mol. The number of primary amides is 1. The molecule has 0 aliphatic carbocycles. The van der Waals surface area contributed by atoms with Gasteiger partial charge in [-0.05, 0) is 37.3 Å². The van der Waals surface area contributed by atoms with E-state index in [0.717, 1.165) is 50.9 Å². The minimum Gasteiger partial charge on any atom is -0.454 e. The van der Waals surface area contributed by atoms with Crippen LogP contribution in [0.1, 0.15) is 35.6 Å². The number of nitrogens with one attached hydrogen (secondary N) is 1. The molecule has 1 aliphatic heterocycles. The highest BCUT2D eigenvalue weighted by Gasteiger charge is 2.15. The molecule has 0 saturated carbocycles. The molecule has 1 fully saturated rings. The maximum atomic E-state index is 11.0. The van der Waals surface area contributed by atoms with Gasteiger partial charge < -0.3 is 25.1 Å². The van der Waals surface area contributed by atoms with Crippen molar-refractivity contribution in [2.75, 3.05) is 33.9 Å². The zero-order valence-corrected chi connectivity index (χ0v) is 16.6. The quantitative estimate of drug-likeness (QED) is 0.392. The van der Waals surface area contributed by atoms with Crippen molar-refractivity contribution in [3.05, 3.63) is 23.7 Å². The molecule has 24 heavy (non-hydrogen) atoms. The topological polar surface area (TPSA) is 93.1 Å². The van der Waals surface area contributed by atoms with Crippen LogP contribution in [0.2, 0.25) is 0 Å². The van der Waals surface area contributed by atoms with Crippen molar-refractivity contribution in [3.63, 3.8) is 0 Å². The van der Waals surface area contributed by atoms with Crippen molar-refractivity contribution < 1.29 is 13.9 Å². The SMILES string of the molecule is CN=C(NCc1ccc(C(N)=O)o1)N(C)CCC1CCOCC1.I. The van der Waals surface area contributed by atoms with E-state index in [2.05, 4.69) is 15.2 Å². The first-order chi connectivity index (χ1) is 11.1. The van der Waals surface area contributed by atoms with Crippen molar-refractivity contribution >= 4 is 35.8 Å². The molecule has 8 heteroatoms. The molecule has 0 spiro atoms. The number of carbonyl (C=O) groups excluding carboxylic acids is 1. The third-order valence-corrected chi connectivity index (χ3v) is 4.11. The lowest BCUT2D eigenvalue weighted by molar-refractivity contribution is 0.0625. The third-order valence-electron chi connectivity index (χ3n) is 4.11. The van der Waals surface area contributed by atoms with Crippen LogP contribution in [0, 0.1) is 5.92 Å². The number of amides is 1. The Morgan fingerprint density at radius 1 is 1.42 bits per heavy atom. The number of hydrogen-bond donors (Lipinski definition) is 2. The summed E-state index contributed by atoms with van der Waals surface area (Å²) in [5.41, 5.74) is 5.17. The van der Waals surface area contributed by atoms with Crippen LogP contribution in [0.15, 0.2) is 21.5 Å². The van der Waals surface area contributed by atoms with Gasteiger partial charge in [-0.3, -0.25) is 9.79 Å². The Morgan fingerprint density at radius 2 is 2.12 bits per heavy atom. The summed E-state index contributed by atoms with van der Waals surface area (Å²) in [7, 11) is 3.77. The Kier molecular flexibility index (Phi) is 9.12. The Labute approximate surface area is 160 Å². The maximum Gasteiger partial charge on any atom is 0.284 e. The molecule has 1 aromatic heterocycles. The molecule has 0 unspecified atom stereocenters. The average Bonchev–Trinajstić information content (AvgIpc) is 3.04. The number of hydrogen-bond acceptors (Lipinski definition) is 4. The van der Waals surface area contributed by atoms with Gasteiger partial charge in [-0.25, -0.2) is 0 Å². The molecule has 136 valence electrons. The van der Waals surface area contributed by atoms with Gasteiger partial charge in [0.15, 0.2) is 11.7 Å². The first-order valence-electron chi connectivity index (χ1n) is 7.98. The van der Waals surface area contributed by atoms with E-state index in [4.69, 9.17) is 14.9 Å². The number of nitrogens with zero attached hydrogens (tertiary/aromatic N) is 2. The largest absolute Gasteiger partial charge is 0.454 e. The number of guanidine groups is 1. The summed E-state index contributed by atoms with van der Waals surface area (Å²) in [5.74, 6) is 1.79. The minimum absolute atomic E-state index is 0. The monoisotopic (exact) mass is 450 g/mol. The van der Waals surface area contributed by atoms with Gasteiger partial charge in [-0.1, -0.05) is 0 Å². The van der Waals surface area contributed by atoms with E-state index in [1.165, 1.54) is 0 Å². The van der Waals surface area contributed by atoms with E-state index in [1.807, 2.05) is 7.05 Å². The van der Waals surface area contributed by atoms with Crippen LogP contribution in [0.5, 0.6) is 0 Å². The first kappa shape index (κ1) is 20.8. The molecule has 0 aromatic carbocycles. The van der Waals surface area contributed by atoms with Crippen molar-refractivity contribution in [2.45, 2.75) is 25.8 Å². The highest BCUT2D eigenvalue weighted by atomic mass is 127. The Morgan fingerprint density at radius 3 is 2.71 bits per heavy atom. The lowest BCUT2D eigenvalue weighted by Crippen LogP contribution is -2.39. The Bertz CT molecular complexity index is 541. The summed E-state index contributed by atoms with van der Waals surface area (Å²) in [6.45, 7) is 3.15. The number of carbonyl (C=O) groups is 1. The van der Waals surface area contributed by atoms with Gasteiger partial charge in [0.25, 0.3) is 5.91 Å². The molecule has 0 atom stereocenters. The summed E-state index contributed by atoms with van der Waals surface area (Å²) < 4.78 is 10.7. The van der Waals surface area contributed by atoms with E-state index in [9.17, 15) is 4.79 Å². The lowest BCUT2D eigenvalue weighted by atomic mass is 9.96. The second-order valence-electron chi connectivity index (χ2n) is 5.80. The van der Waals surface area contributed by atoms with E-state index >= 15 is 0 Å². The number of nitrogens with two attached hydrogens (primary N) is 1. The van der Waals surface area contributed by atoms with Gasteiger partial charge in [-0.15, -0.1) is 24.0 Å². The number of rotatable bonds is 6. The lowest BCUT2D eigenvalue weighted by Gasteiger charge is -2.26. The predicted octanol–water partition coefficient (Wildman–Crippen LogP) is 1.82. The number of halogens is 1. The van der Waals surface area contributed by atoms with Crippen LogP contribution in [-0.4, -0.2) is 50.6 Å². The van der Waals surface area contributed by atoms with Gasteiger partial charge >= 0.3 is 0 Å². The summed E-state index contributed by atoms with van der Waals surface area (Å²) in [5, 5.41) is 3.23. The van der Waals surface area contributed by atoms with Crippen LogP contribution in [0.3, 0.4) is 0 Å². The number of aliphatic imine (C=N–C) groups is 1. The van der Waals surface area contributed by atoms with Gasteiger partial charge in [0.05, 0.1) is 6.54 Å². The van der Waals surface area contributed by atoms with Crippen LogP contribution in [0.25, 0.3) is 0 Å². The van der Waals surface area contributed by atoms with E-state index < -0.39 is 5.91 Å². The standard InChI is InChI=1S/C16H26N4O3.HI/c1-18-16(19-11-13-3-4-14(23-13)15(17)21)20(2)8-5-12-6-9-22-10-7-12;/h3-4,12H,5-11H2,1-2H3,(H2,17,21)(H,18,19);1H. The van der Waals surface area contributed by atoms with Crippen molar-refractivity contribution in [1.82, 2.24) is 10.2 Å². The Balaban J connectivity index is 0.00000288. The third kappa shape index (κ3) is 6.31. The minimum atomic E-state index is -0.561. The van der Waals surface area contributed by atoms with Gasteiger partial charge in [0.2, 0.25) is 0 Å². The second kappa shape index (κ2) is 10.5. The molecule has 1 saturated heterocycles. The van der Waals surface area contributed by atoms with Crippen molar-refractivity contribution in [3.8, 4) is 0 Å². The van der Waals surface area contributed by atoms with Crippen molar-refractivity contribution in [2.24, 2.45) is 16.6 Å². The first-order valence-corrected chi connectivity index (χ1v) is 7.98. The van der Waals surface area contributed by atoms with E-state index in [-0.39, 0.29) is 29.7 Å². The molecule has 1 amide bonds. The normalized spacial score (nSPS) is 15.7. The molecule has 0 radical (unpaired) electrons. The molecule has 0 bridgehead atoms. The van der Waals surface area contributed by atoms with Crippen molar-refractivity contribution in [1.29, 1.82) is 0 Å². The van der Waals surface area contributed by atoms with Gasteiger partial charge in [0.1, 0.15) is 5.76 Å². The molecule has 1 aromatic rings. The predicted molar refractivity (Wildman–Crippen MR) is 104 cm³/mol. The van der Waals surface area contributed by atoms with Crippen LogP contribution in [-0.2, 0) is 11.3 Å². The fourth-order valence-electron chi connectivity index (χ4n) is 2.67. The van der Waals surface area contributed by atoms with Crippen LogP contribution < -0.4 is 11.1 Å². The van der Waals surface area contributed by atoms with E-state index in [0.29, 0.717) is 12.3 Å². The zero-order chi connectivity index (χ0) is 16.7. The molecular formula is C16H27IN4O3. The molecule has 7 nitrogen and oxygen atoms in total. The van der Waals surface area contributed by atoms with E-state index in [1.54, 1.807) is 19.2 Å². The highest BCUT2D eigenvalue weighted by Crippen LogP contribution is 2.18. The molecular weight excluding hydrogens is 423 g/mol. The fourth-order valence-corrected chi connectivity index (χ4v) is 2.67. The van der Waals surface area contributed by atoms with Gasteiger partial charge in [-0.2, -0.15) is 0 Å². The number of ether oxygens (including phenoxy) is 1. The molecule has 3 N–H and O–H groups in total. The maximum absolute atomic E-state index is 11.0. The van der Waals surface area contributed by atoms with Gasteiger partial charge in [0, 0.05) is 33.9 Å². The highest BCUT2D eigenvalue weighted by molar-refractivity contribution is 14.0. The Hall–Kier alpha value is -1.29. The molecule has 1 aliphatic rings. The zero-order valence-electron chi connectivity index (χ0n) is 14.3. The van der Waals surface area contributed by atoms with Crippen LogP contribution in [0.4, 0.5) is 0 Å². The smallest absolute Gasteiger partial charge is 0.284 e. The number of furan rings is 1.